The summed E-state index contributed by atoms with van der Waals surface area (Å²) >= 11 is 0. The van der Waals surface area contributed by atoms with E-state index in [2.05, 4.69) is 20.6 Å². The maximum atomic E-state index is 4.39. The Bertz CT molecular complexity index is 678. The standard InChI is InChI=1S/C16H17N5/c1-17-15(11-13-7-5-6-10-18-13)16-12-19-20-21(16)14-8-3-2-4-9-14/h2-10,12,15,17H,11H2,1H3. The van der Waals surface area contributed by atoms with Crippen LogP contribution in [0.25, 0.3) is 5.69 Å². The van der Waals surface area contributed by atoms with Crippen LogP contribution in [0.3, 0.4) is 0 Å². The Balaban J connectivity index is 1.90. The van der Waals surface area contributed by atoms with Gasteiger partial charge in [-0.25, -0.2) is 4.68 Å². The molecule has 0 amide bonds. The highest BCUT2D eigenvalue weighted by molar-refractivity contribution is 5.32. The van der Waals surface area contributed by atoms with Crippen LogP contribution in [0, 0.1) is 0 Å². The summed E-state index contributed by atoms with van der Waals surface area (Å²) in [4.78, 5) is 4.39. The van der Waals surface area contributed by atoms with Crippen LogP contribution in [0.1, 0.15) is 17.4 Å². The van der Waals surface area contributed by atoms with Crippen LogP contribution in [0.4, 0.5) is 0 Å². The van der Waals surface area contributed by atoms with E-state index in [1.54, 1.807) is 6.20 Å². The lowest BCUT2D eigenvalue weighted by molar-refractivity contribution is 0.548. The first kappa shape index (κ1) is 13.5. The van der Waals surface area contributed by atoms with Gasteiger partial charge in [0, 0.05) is 18.3 Å². The van der Waals surface area contributed by atoms with Crippen molar-refractivity contribution < 1.29 is 0 Å². The zero-order valence-corrected chi connectivity index (χ0v) is 11.8. The van der Waals surface area contributed by atoms with Gasteiger partial charge in [0.1, 0.15) is 0 Å². The van der Waals surface area contributed by atoms with E-state index in [0.717, 1.165) is 23.5 Å². The van der Waals surface area contributed by atoms with Gasteiger partial charge in [0.2, 0.25) is 0 Å². The SMILES string of the molecule is CNC(Cc1ccccn1)c1cnnn1-c1ccccc1. The van der Waals surface area contributed by atoms with Gasteiger partial charge < -0.3 is 5.32 Å². The van der Waals surface area contributed by atoms with Gasteiger partial charge in [0.15, 0.2) is 0 Å². The molecule has 0 aliphatic rings. The predicted octanol–water partition coefficient (Wildman–Crippen LogP) is 2.17. The molecule has 0 fully saturated rings. The van der Waals surface area contributed by atoms with Crippen LogP contribution >= 0.6 is 0 Å². The van der Waals surface area contributed by atoms with Gasteiger partial charge in [-0.3, -0.25) is 4.98 Å². The third kappa shape index (κ3) is 2.98. The minimum Gasteiger partial charge on any atom is -0.311 e. The molecular weight excluding hydrogens is 262 g/mol. The Morgan fingerprint density at radius 2 is 1.90 bits per heavy atom. The highest BCUT2D eigenvalue weighted by Gasteiger charge is 2.17. The topological polar surface area (TPSA) is 55.6 Å². The second-order valence-electron chi connectivity index (χ2n) is 4.77. The maximum absolute atomic E-state index is 4.39. The van der Waals surface area contributed by atoms with Gasteiger partial charge in [0.25, 0.3) is 0 Å². The zero-order chi connectivity index (χ0) is 14.5. The Morgan fingerprint density at radius 3 is 2.62 bits per heavy atom. The van der Waals surface area contributed by atoms with Gasteiger partial charge in [-0.1, -0.05) is 29.5 Å². The van der Waals surface area contributed by atoms with E-state index >= 15 is 0 Å². The highest BCUT2D eigenvalue weighted by Crippen LogP contribution is 2.19. The van der Waals surface area contributed by atoms with Crippen molar-refractivity contribution in [2.75, 3.05) is 7.05 Å². The third-order valence-electron chi connectivity index (χ3n) is 3.42. The van der Waals surface area contributed by atoms with E-state index in [1.807, 2.05) is 66.5 Å². The molecule has 2 heterocycles. The number of benzene rings is 1. The lowest BCUT2D eigenvalue weighted by atomic mass is 10.1. The van der Waals surface area contributed by atoms with Gasteiger partial charge in [-0.15, -0.1) is 5.10 Å². The van der Waals surface area contributed by atoms with E-state index in [9.17, 15) is 0 Å². The number of nitrogens with zero attached hydrogens (tertiary/aromatic N) is 4. The number of hydrogen-bond donors (Lipinski definition) is 1. The van der Waals surface area contributed by atoms with Crippen LogP contribution < -0.4 is 5.32 Å². The lowest BCUT2D eigenvalue weighted by Gasteiger charge is -2.16. The lowest BCUT2D eigenvalue weighted by Crippen LogP contribution is -2.22. The summed E-state index contributed by atoms with van der Waals surface area (Å²) < 4.78 is 1.87. The second-order valence-corrected chi connectivity index (χ2v) is 4.77. The molecule has 0 saturated carbocycles. The molecule has 3 rings (SSSR count). The first-order chi connectivity index (χ1) is 10.4. The molecule has 1 unspecified atom stereocenters. The van der Waals surface area contributed by atoms with Crippen molar-refractivity contribution in [2.24, 2.45) is 0 Å². The summed E-state index contributed by atoms with van der Waals surface area (Å²) in [7, 11) is 1.94. The minimum absolute atomic E-state index is 0.107. The molecule has 0 aliphatic carbocycles. The van der Waals surface area contributed by atoms with Gasteiger partial charge >= 0.3 is 0 Å². The average Bonchev–Trinajstić information content (AvgIpc) is 3.04. The Kier molecular flexibility index (Phi) is 4.02. The van der Waals surface area contributed by atoms with Crippen molar-refractivity contribution in [3.63, 3.8) is 0 Å². The molecule has 21 heavy (non-hydrogen) atoms. The molecule has 0 aliphatic heterocycles. The summed E-state index contributed by atoms with van der Waals surface area (Å²) in [6.07, 6.45) is 4.41. The van der Waals surface area contributed by atoms with Crippen LogP contribution in [0.5, 0.6) is 0 Å². The summed E-state index contributed by atoms with van der Waals surface area (Å²) in [5.41, 5.74) is 3.07. The third-order valence-corrected chi connectivity index (χ3v) is 3.42. The normalized spacial score (nSPS) is 12.2. The van der Waals surface area contributed by atoms with Crippen LogP contribution in [-0.2, 0) is 6.42 Å². The van der Waals surface area contributed by atoms with Gasteiger partial charge in [-0.2, -0.15) is 0 Å². The van der Waals surface area contributed by atoms with E-state index in [1.165, 1.54) is 0 Å². The van der Waals surface area contributed by atoms with Gasteiger partial charge in [-0.05, 0) is 31.3 Å². The van der Waals surface area contributed by atoms with Crippen LogP contribution in [-0.4, -0.2) is 27.0 Å². The van der Waals surface area contributed by atoms with Crippen LogP contribution in [0.2, 0.25) is 0 Å². The fraction of sp³-hybridized carbons (Fsp3) is 0.188. The highest BCUT2D eigenvalue weighted by atomic mass is 15.4. The summed E-state index contributed by atoms with van der Waals surface area (Å²) in [5.74, 6) is 0. The molecule has 0 radical (unpaired) electrons. The van der Waals surface area contributed by atoms with Crippen molar-refractivity contribution in [2.45, 2.75) is 12.5 Å². The first-order valence-corrected chi connectivity index (χ1v) is 6.91. The summed E-state index contributed by atoms with van der Waals surface area (Å²) in [6.45, 7) is 0. The predicted molar refractivity (Wildman–Crippen MR) is 81.1 cm³/mol. The van der Waals surface area contributed by atoms with Crippen LogP contribution in [0.15, 0.2) is 60.9 Å². The monoisotopic (exact) mass is 279 g/mol. The number of nitrogens with one attached hydrogen (secondary N) is 1. The number of likely N-dealkylation sites (N-methyl/N-ethyl adjacent to an activating group) is 1. The number of para-hydroxylation sites is 1. The van der Waals surface area contributed by atoms with Crippen molar-refractivity contribution in [1.29, 1.82) is 0 Å². The molecule has 0 bridgehead atoms. The number of aromatic nitrogens is 4. The second kappa shape index (κ2) is 6.28. The Morgan fingerprint density at radius 1 is 1.10 bits per heavy atom. The van der Waals surface area contributed by atoms with E-state index < -0.39 is 0 Å². The molecule has 0 spiro atoms. The van der Waals surface area contributed by atoms with E-state index in [0.29, 0.717) is 0 Å². The smallest absolute Gasteiger partial charge is 0.0819 e. The number of pyridine rings is 1. The van der Waals surface area contributed by atoms with E-state index in [-0.39, 0.29) is 6.04 Å². The average molecular weight is 279 g/mol. The molecule has 5 nitrogen and oxygen atoms in total. The van der Waals surface area contributed by atoms with Crippen molar-refractivity contribution in [3.8, 4) is 5.69 Å². The minimum atomic E-state index is 0.107. The molecular formula is C16H17N5. The first-order valence-electron chi connectivity index (χ1n) is 6.91. The van der Waals surface area contributed by atoms with Crippen molar-refractivity contribution in [1.82, 2.24) is 25.3 Å². The maximum Gasteiger partial charge on any atom is 0.0819 e. The zero-order valence-electron chi connectivity index (χ0n) is 11.8. The molecule has 0 saturated heterocycles. The largest absolute Gasteiger partial charge is 0.311 e. The van der Waals surface area contributed by atoms with Crippen molar-refractivity contribution >= 4 is 0 Å². The van der Waals surface area contributed by atoms with Crippen molar-refractivity contribution in [3.05, 3.63) is 72.3 Å². The molecule has 1 atom stereocenters. The molecule has 106 valence electrons. The number of hydrogen-bond acceptors (Lipinski definition) is 4. The Hall–Kier alpha value is -2.53. The molecule has 2 aromatic heterocycles. The number of rotatable bonds is 5. The summed E-state index contributed by atoms with van der Waals surface area (Å²) in [5, 5.41) is 11.6. The van der Waals surface area contributed by atoms with Gasteiger partial charge in [0.05, 0.1) is 23.6 Å². The molecule has 5 heteroatoms. The quantitative estimate of drug-likeness (QED) is 0.777. The van der Waals surface area contributed by atoms with E-state index in [4.69, 9.17) is 0 Å². The molecule has 1 aromatic carbocycles. The Labute approximate surface area is 123 Å². The molecule has 1 N–H and O–H groups in total. The molecule has 3 aromatic rings. The fourth-order valence-electron chi connectivity index (χ4n) is 2.33. The fourth-order valence-corrected chi connectivity index (χ4v) is 2.33. The summed E-state index contributed by atoms with van der Waals surface area (Å²) in [6, 6.07) is 16.1.